The molecule has 0 amide bonds. The van der Waals surface area contributed by atoms with Gasteiger partial charge in [0, 0.05) is 17.5 Å². The summed E-state index contributed by atoms with van der Waals surface area (Å²) in [4.78, 5) is 22.7. The highest BCUT2D eigenvalue weighted by Crippen LogP contribution is 2.27. The van der Waals surface area contributed by atoms with Crippen LogP contribution in [0.3, 0.4) is 0 Å². The van der Waals surface area contributed by atoms with Crippen LogP contribution in [0.4, 0.5) is 4.39 Å². The van der Waals surface area contributed by atoms with E-state index in [9.17, 15) is 14.0 Å². The van der Waals surface area contributed by atoms with E-state index in [2.05, 4.69) is 0 Å². The van der Waals surface area contributed by atoms with Gasteiger partial charge in [-0.15, -0.1) is 0 Å². The van der Waals surface area contributed by atoms with Crippen molar-refractivity contribution in [1.82, 2.24) is 0 Å². The van der Waals surface area contributed by atoms with Crippen LogP contribution < -0.4 is 9.47 Å². The van der Waals surface area contributed by atoms with Gasteiger partial charge in [-0.1, -0.05) is 0 Å². The Balaban J connectivity index is 1.84. The van der Waals surface area contributed by atoms with E-state index < -0.39 is 0 Å². The highest BCUT2D eigenvalue weighted by atomic mass is 19.1. The number of aldehydes is 1. The Hall–Kier alpha value is -2.69. The van der Waals surface area contributed by atoms with E-state index in [1.165, 1.54) is 31.4 Å². The third kappa shape index (κ3) is 4.64. The maximum atomic E-state index is 12.8. The normalized spacial score (nSPS) is 10.2. The van der Waals surface area contributed by atoms with Gasteiger partial charge in [-0.25, -0.2) is 4.39 Å². The molecule has 0 atom stereocenters. The first-order valence-electron chi connectivity index (χ1n) is 7.19. The topological polar surface area (TPSA) is 52.6 Å². The number of ketones is 1. The van der Waals surface area contributed by atoms with Crippen molar-refractivity contribution < 1.29 is 23.5 Å². The van der Waals surface area contributed by atoms with Crippen LogP contribution in [0, 0.1) is 5.82 Å². The Bertz CT molecular complexity index is 680. The minimum Gasteiger partial charge on any atom is -0.493 e. The summed E-state index contributed by atoms with van der Waals surface area (Å²) in [5.74, 6) is 0.569. The molecule has 0 heterocycles. The first-order chi connectivity index (χ1) is 11.1. The molecule has 0 aliphatic heterocycles. The van der Waals surface area contributed by atoms with Crippen LogP contribution in [0.1, 0.15) is 33.6 Å². The molecule has 0 saturated heterocycles. The fourth-order valence-electron chi connectivity index (χ4n) is 2.07. The zero-order valence-electron chi connectivity index (χ0n) is 12.8. The lowest BCUT2D eigenvalue weighted by Crippen LogP contribution is -2.04. The molecule has 0 spiro atoms. The molecule has 4 nitrogen and oxygen atoms in total. The minimum atomic E-state index is -0.365. The van der Waals surface area contributed by atoms with Crippen LogP contribution in [0.15, 0.2) is 42.5 Å². The summed E-state index contributed by atoms with van der Waals surface area (Å²) in [5.41, 5.74) is 0.986. The lowest BCUT2D eigenvalue weighted by molar-refractivity contribution is 0.0972. The van der Waals surface area contributed by atoms with Gasteiger partial charge in [0.2, 0.25) is 0 Å². The van der Waals surface area contributed by atoms with Crippen molar-refractivity contribution >= 4 is 12.1 Å². The third-order valence-corrected chi connectivity index (χ3v) is 3.30. The lowest BCUT2D eigenvalue weighted by Gasteiger charge is -2.10. The van der Waals surface area contributed by atoms with E-state index in [1.807, 2.05) is 0 Å². The van der Waals surface area contributed by atoms with Crippen molar-refractivity contribution in [3.05, 3.63) is 59.4 Å². The van der Waals surface area contributed by atoms with Gasteiger partial charge in [0.05, 0.1) is 13.7 Å². The van der Waals surface area contributed by atoms with Gasteiger partial charge in [0.1, 0.15) is 12.1 Å². The van der Waals surface area contributed by atoms with Crippen LogP contribution in [0.25, 0.3) is 0 Å². The monoisotopic (exact) mass is 316 g/mol. The largest absolute Gasteiger partial charge is 0.493 e. The molecule has 2 aromatic carbocycles. The molecule has 23 heavy (non-hydrogen) atoms. The Morgan fingerprint density at radius 3 is 2.52 bits per heavy atom. The summed E-state index contributed by atoms with van der Waals surface area (Å²) < 4.78 is 23.5. The van der Waals surface area contributed by atoms with Gasteiger partial charge >= 0.3 is 0 Å². The zero-order chi connectivity index (χ0) is 16.7. The lowest BCUT2D eigenvalue weighted by atomic mass is 10.1. The number of methoxy groups -OCH3 is 1. The van der Waals surface area contributed by atoms with Crippen molar-refractivity contribution in [2.24, 2.45) is 0 Å². The molecule has 0 unspecified atom stereocenters. The van der Waals surface area contributed by atoms with Gasteiger partial charge in [-0.3, -0.25) is 9.59 Å². The van der Waals surface area contributed by atoms with E-state index >= 15 is 0 Å². The molecule has 2 aromatic rings. The number of carbonyl (C=O) groups is 2. The predicted octanol–water partition coefficient (Wildman–Crippen LogP) is 3.69. The number of halogens is 1. The average molecular weight is 316 g/mol. The van der Waals surface area contributed by atoms with Gasteiger partial charge < -0.3 is 9.47 Å². The molecule has 120 valence electrons. The molecule has 0 bridgehead atoms. The van der Waals surface area contributed by atoms with Gasteiger partial charge in [0.25, 0.3) is 0 Å². The number of ether oxygens (including phenoxy) is 2. The van der Waals surface area contributed by atoms with E-state index in [4.69, 9.17) is 9.47 Å². The number of benzene rings is 2. The molecule has 0 saturated carbocycles. The van der Waals surface area contributed by atoms with Crippen LogP contribution in [-0.2, 0) is 0 Å². The van der Waals surface area contributed by atoms with Crippen LogP contribution >= 0.6 is 0 Å². The van der Waals surface area contributed by atoms with Gasteiger partial charge in [-0.2, -0.15) is 0 Å². The number of hydrogen-bond acceptors (Lipinski definition) is 4. The molecule has 5 heteroatoms. The Morgan fingerprint density at radius 2 is 1.87 bits per heavy atom. The van der Waals surface area contributed by atoms with Crippen molar-refractivity contribution in [2.75, 3.05) is 13.7 Å². The quantitative estimate of drug-likeness (QED) is 0.423. The number of Topliss-reactive ketones (excluding diaryl/α,β-unsaturated/α-hetero) is 1. The summed E-state index contributed by atoms with van der Waals surface area (Å²) in [6.07, 6.45) is 1.56. The second-order valence-electron chi connectivity index (χ2n) is 4.91. The summed E-state index contributed by atoms with van der Waals surface area (Å²) in [5, 5.41) is 0. The molecule has 0 aliphatic carbocycles. The molecule has 2 rings (SSSR count). The number of rotatable bonds is 8. The van der Waals surface area contributed by atoms with Crippen molar-refractivity contribution in [1.29, 1.82) is 0 Å². The number of carbonyl (C=O) groups excluding carboxylic acids is 2. The van der Waals surface area contributed by atoms with Crippen LogP contribution in [-0.4, -0.2) is 25.8 Å². The molecule has 0 N–H and O–H groups in total. The molecular formula is C18H17FO4. The van der Waals surface area contributed by atoms with Crippen molar-refractivity contribution in [3.63, 3.8) is 0 Å². The van der Waals surface area contributed by atoms with E-state index in [1.54, 1.807) is 18.2 Å². The Morgan fingerprint density at radius 1 is 1.13 bits per heavy atom. The van der Waals surface area contributed by atoms with Gasteiger partial charge in [-0.05, 0) is 48.9 Å². The molecule has 0 aromatic heterocycles. The van der Waals surface area contributed by atoms with E-state index in [0.29, 0.717) is 42.1 Å². The second kappa shape index (κ2) is 8.08. The van der Waals surface area contributed by atoms with Crippen LogP contribution in [0.2, 0.25) is 0 Å². The molecular weight excluding hydrogens is 299 g/mol. The Kier molecular flexibility index (Phi) is 5.86. The highest BCUT2D eigenvalue weighted by Gasteiger charge is 2.08. The second-order valence-corrected chi connectivity index (χ2v) is 4.91. The predicted molar refractivity (Wildman–Crippen MR) is 83.8 cm³/mol. The van der Waals surface area contributed by atoms with Crippen LogP contribution in [0.5, 0.6) is 11.5 Å². The van der Waals surface area contributed by atoms with Crippen molar-refractivity contribution in [2.45, 2.75) is 12.8 Å². The first kappa shape index (κ1) is 16.7. The highest BCUT2D eigenvalue weighted by molar-refractivity contribution is 5.95. The Labute approximate surface area is 133 Å². The summed E-state index contributed by atoms with van der Waals surface area (Å²) >= 11 is 0. The maximum absolute atomic E-state index is 12.8. The first-order valence-corrected chi connectivity index (χ1v) is 7.19. The summed E-state index contributed by atoms with van der Waals surface area (Å²) in [6, 6.07) is 10.4. The summed E-state index contributed by atoms with van der Waals surface area (Å²) in [6.45, 7) is 0.337. The SMILES string of the molecule is COc1cc(C=O)ccc1OCCCC(=O)c1ccc(F)cc1. The van der Waals surface area contributed by atoms with E-state index in [0.717, 1.165) is 6.29 Å². The maximum Gasteiger partial charge on any atom is 0.163 e. The number of hydrogen-bond donors (Lipinski definition) is 0. The third-order valence-electron chi connectivity index (χ3n) is 3.30. The van der Waals surface area contributed by atoms with E-state index in [-0.39, 0.29) is 11.6 Å². The fourth-order valence-corrected chi connectivity index (χ4v) is 2.07. The molecule has 0 fully saturated rings. The van der Waals surface area contributed by atoms with Gasteiger partial charge in [0.15, 0.2) is 17.3 Å². The smallest absolute Gasteiger partial charge is 0.163 e. The fraction of sp³-hybridized carbons (Fsp3) is 0.222. The zero-order valence-corrected chi connectivity index (χ0v) is 12.8. The molecule has 0 radical (unpaired) electrons. The average Bonchev–Trinajstić information content (AvgIpc) is 2.59. The van der Waals surface area contributed by atoms with Crippen molar-refractivity contribution in [3.8, 4) is 11.5 Å². The minimum absolute atomic E-state index is 0.0585. The molecule has 0 aliphatic rings. The summed E-state index contributed by atoms with van der Waals surface area (Å²) in [7, 11) is 1.49. The standard InChI is InChI=1S/C18H17FO4/c1-22-18-11-13(12-20)4-9-17(18)23-10-2-3-16(21)14-5-7-15(19)8-6-14/h4-9,11-12H,2-3,10H2,1H3.